The Morgan fingerprint density at radius 1 is 1.21 bits per heavy atom. The maximum atomic E-state index is 13.0. The van der Waals surface area contributed by atoms with Crippen LogP contribution in [0.5, 0.6) is 0 Å². The predicted octanol–water partition coefficient (Wildman–Crippen LogP) is 1.12. The number of hydrogen-bond acceptors (Lipinski definition) is 5. The van der Waals surface area contributed by atoms with Gasteiger partial charge in [0.15, 0.2) is 0 Å². The van der Waals surface area contributed by atoms with Crippen molar-refractivity contribution in [1.29, 1.82) is 0 Å². The molecule has 5 N–H and O–H groups in total. The molecule has 1 aromatic rings. The number of amides is 1. The van der Waals surface area contributed by atoms with Crippen LogP contribution in [-0.4, -0.2) is 38.4 Å². The van der Waals surface area contributed by atoms with Gasteiger partial charge < -0.3 is 16.8 Å². The summed E-state index contributed by atoms with van der Waals surface area (Å²) in [6.45, 7) is 4.70. The molecule has 0 heterocycles. The monoisotopic (exact) mass is 356 g/mol. The lowest BCUT2D eigenvalue weighted by Crippen LogP contribution is -2.49. The Morgan fingerprint density at radius 3 is 2.33 bits per heavy atom. The van der Waals surface area contributed by atoms with Crippen LogP contribution >= 0.6 is 0 Å². The number of benzene rings is 1. The number of carbonyl (C=O) groups excluding carboxylic acids is 1. The van der Waals surface area contributed by atoms with Crippen LogP contribution < -0.4 is 16.8 Å². The third-order valence-electron chi connectivity index (χ3n) is 3.57. The third kappa shape index (κ3) is 5.77. The van der Waals surface area contributed by atoms with Crippen molar-refractivity contribution in [2.45, 2.75) is 44.2 Å². The first-order chi connectivity index (χ1) is 11.3. The first-order valence-electron chi connectivity index (χ1n) is 8.10. The van der Waals surface area contributed by atoms with E-state index < -0.39 is 16.2 Å². The largest absolute Gasteiger partial charge is 0.399 e. The number of sulfonamides is 1. The summed E-state index contributed by atoms with van der Waals surface area (Å²) in [5.74, 6) is 0.110. The van der Waals surface area contributed by atoms with Crippen molar-refractivity contribution in [1.82, 2.24) is 9.62 Å². The molecule has 0 saturated carbocycles. The Balaban J connectivity index is 3.15. The van der Waals surface area contributed by atoms with Gasteiger partial charge in [-0.3, -0.25) is 4.79 Å². The SMILES string of the molecule is CC(C)CN(C(CCCCN)NC=O)S(=O)(=O)c1ccc(N)cc1. The highest BCUT2D eigenvalue weighted by Crippen LogP contribution is 2.22. The van der Waals surface area contributed by atoms with Crippen molar-refractivity contribution in [3.63, 3.8) is 0 Å². The lowest BCUT2D eigenvalue weighted by Gasteiger charge is -2.32. The van der Waals surface area contributed by atoms with Crippen LogP contribution in [0, 0.1) is 5.92 Å². The van der Waals surface area contributed by atoms with Gasteiger partial charge in [-0.2, -0.15) is 4.31 Å². The number of unbranched alkanes of at least 4 members (excludes halogenated alkanes) is 1. The predicted molar refractivity (Wildman–Crippen MR) is 95.5 cm³/mol. The fourth-order valence-electron chi connectivity index (χ4n) is 2.40. The van der Waals surface area contributed by atoms with Gasteiger partial charge in [0.1, 0.15) is 0 Å². The number of nitrogens with one attached hydrogen (secondary N) is 1. The quantitative estimate of drug-likeness (QED) is 0.238. The van der Waals surface area contributed by atoms with Gasteiger partial charge in [-0.05, 0) is 56.0 Å². The molecule has 0 fully saturated rings. The Labute approximate surface area is 144 Å². The van der Waals surface area contributed by atoms with E-state index in [-0.39, 0.29) is 10.8 Å². The molecule has 7 nitrogen and oxygen atoms in total. The highest BCUT2D eigenvalue weighted by atomic mass is 32.2. The summed E-state index contributed by atoms with van der Waals surface area (Å²) in [5, 5.41) is 2.63. The van der Waals surface area contributed by atoms with Crippen molar-refractivity contribution >= 4 is 22.1 Å². The van der Waals surface area contributed by atoms with E-state index in [4.69, 9.17) is 11.5 Å². The minimum absolute atomic E-state index is 0.110. The molecule has 0 aliphatic carbocycles. The van der Waals surface area contributed by atoms with Crippen molar-refractivity contribution in [3.05, 3.63) is 24.3 Å². The van der Waals surface area contributed by atoms with Crippen molar-refractivity contribution in [3.8, 4) is 0 Å². The topological polar surface area (TPSA) is 119 Å². The van der Waals surface area contributed by atoms with Crippen LogP contribution in [-0.2, 0) is 14.8 Å². The molecule has 1 amide bonds. The smallest absolute Gasteiger partial charge is 0.244 e. The zero-order chi connectivity index (χ0) is 18.2. The number of carbonyl (C=O) groups is 1. The van der Waals surface area contributed by atoms with Gasteiger partial charge in [-0.25, -0.2) is 8.42 Å². The summed E-state index contributed by atoms with van der Waals surface area (Å²) < 4.78 is 27.4. The average molecular weight is 356 g/mol. The zero-order valence-electron chi connectivity index (χ0n) is 14.3. The fraction of sp³-hybridized carbons (Fsp3) is 0.562. The fourth-order valence-corrected chi connectivity index (χ4v) is 4.15. The van der Waals surface area contributed by atoms with Gasteiger partial charge >= 0.3 is 0 Å². The van der Waals surface area contributed by atoms with Crippen molar-refractivity contribution < 1.29 is 13.2 Å². The molecule has 136 valence electrons. The van der Waals surface area contributed by atoms with Crippen molar-refractivity contribution in [2.24, 2.45) is 11.7 Å². The number of hydrogen-bond donors (Lipinski definition) is 3. The second kappa shape index (κ2) is 9.61. The second-order valence-corrected chi connectivity index (χ2v) is 8.01. The zero-order valence-corrected chi connectivity index (χ0v) is 15.1. The van der Waals surface area contributed by atoms with E-state index in [0.29, 0.717) is 31.6 Å². The van der Waals surface area contributed by atoms with Gasteiger partial charge in [0.25, 0.3) is 0 Å². The van der Waals surface area contributed by atoms with Crippen LogP contribution in [0.3, 0.4) is 0 Å². The first-order valence-corrected chi connectivity index (χ1v) is 9.54. The molecule has 0 aliphatic rings. The Kier molecular flexibility index (Phi) is 8.17. The van der Waals surface area contributed by atoms with Gasteiger partial charge in [-0.15, -0.1) is 0 Å². The molecule has 1 unspecified atom stereocenters. The lowest BCUT2D eigenvalue weighted by atomic mass is 10.1. The molecule has 1 atom stereocenters. The summed E-state index contributed by atoms with van der Waals surface area (Å²) in [4.78, 5) is 11.1. The van der Waals surface area contributed by atoms with Gasteiger partial charge in [0, 0.05) is 12.2 Å². The molecule has 1 rings (SSSR count). The standard InChI is InChI=1S/C16H28N4O3S/c1-13(2)11-20(16(19-12-21)5-3-4-10-17)24(22,23)15-8-6-14(18)7-9-15/h6-9,12-13,16H,3-5,10-11,17-18H2,1-2H3,(H,19,21). The summed E-state index contributed by atoms with van der Waals surface area (Å²) in [6.07, 6.45) is 1.96. The second-order valence-electron chi connectivity index (χ2n) is 6.12. The summed E-state index contributed by atoms with van der Waals surface area (Å²) in [6, 6.07) is 6.07. The minimum Gasteiger partial charge on any atom is -0.399 e. The van der Waals surface area contributed by atoms with Crippen LogP contribution in [0.25, 0.3) is 0 Å². The molecule has 0 bridgehead atoms. The van der Waals surface area contributed by atoms with E-state index in [0.717, 1.165) is 12.8 Å². The summed E-state index contributed by atoms with van der Waals surface area (Å²) in [7, 11) is -3.75. The number of nitrogens with zero attached hydrogens (tertiary/aromatic N) is 1. The summed E-state index contributed by atoms with van der Waals surface area (Å²) in [5.41, 5.74) is 11.6. The molecule has 0 aromatic heterocycles. The van der Waals surface area contributed by atoms with Gasteiger partial charge in [0.05, 0.1) is 11.1 Å². The molecule has 0 aliphatic heterocycles. The van der Waals surface area contributed by atoms with Gasteiger partial charge in [0.2, 0.25) is 16.4 Å². The summed E-state index contributed by atoms with van der Waals surface area (Å²) >= 11 is 0. The maximum Gasteiger partial charge on any atom is 0.244 e. The Hall–Kier alpha value is -1.64. The highest BCUT2D eigenvalue weighted by Gasteiger charge is 2.31. The highest BCUT2D eigenvalue weighted by molar-refractivity contribution is 7.89. The third-order valence-corrected chi connectivity index (χ3v) is 5.46. The Bertz CT molecular complexity index is 602. The molecule has 1 aromatic carbocycles. The van der Waals surface area contributed by atoms with Crippen LogP contribution in [0.2, 0.25) is 0 Å². The normalized spacial score (nSPS) is 13.2. The average Bonchev–Trinajstić information content (AvgIpc) is 2.52. The van der Waals surface area contributed by atoms with Crippen LogP contribution in [0.4, 0.5) is 5.69 Å². The molecule has 0 radical (unpaired) electrons. The van der Waals surface area contributed by atoms with E-state index in [1.54, 1.807) is 12.1 Å². The molecule has 0 spiro atoms. The molecule has 0 saturated heterocycles. The van der Waals surface area contributed by atoms with E-state index in [1.807, 2.05) is 13.8 Å². The van der Waals surface area contributed by atoms with Crippen molar-refractivity contribution in [2.75, 3.05) is 18.8 Å². The van der Waals surface area contributed by atoms with E-state index in [9.17, 15) is 13.2 Å². The van der Waals surface area contributed by atoms with E-state index in [1.165, 1.54) is 16.4 Å². The minimum atomic E-state index is -3.75. The lowest BCUT2D eigenvalue weighted by molar-refractivity contribution is -0.110. The molecule has 8 heteroatoms. The number of nitrogen functional groups attached to an aromatic ring is 1. The number of nitrogens with two attached hydrogens (primary N) is 2. The molecular formula is C16H28N4O3S. The number of rotatable bonds is 11. The maximum absolute atomic E-state index is 13.0. The first kappa shape index (κ1) is 20.4. The molecule has 24 heavy (non-hydrogen) atoms. The Morgan fingerprint density at radius 2 is 1.83 bits per heavy atom. The number of anilines is 1. The van der Waals surface area contributed by atoms with E-state index in [2.05, 4.69) is 5.32 Å². The molecular weight excluding hydrogens is 328 g/mol. The van der Waals surface area contributed by atoms with Crippen LogP contribution in [0.1, 0.15) is 33.1 Å². The van der Waals surface area contributed by atoms with Gasteiger partial charge in [-0.1, -0.05) is 13.8 Å². The van der Waals surface area contributed by atoms with E-state index >= 15 is 0 Å². The van der Waals surface area contributed by atoms with Crippen LogP contribution in [0.15, 0.2) is 29.2 Å².